The summed E-state index contributed by atoms with van der Waals surface area (Å²) in [6, 6.07) is 6.89. The van der Waals surface area contributed by atoms with Gasteiger partial charge in [0.2, 0.25) is 0 Å². The van der Waals surface area contributed by atoms with Crippen molar-refractivity contribution >= 4 is 0 Å². The van der Waals surface area contributed by atoms with E-state index in [0.717, 1.165) is 71.2 Å². The quantitative estimate of drug-likeness (QED) is 0.526. The lowest BCUT2D eigenvalue weighted by Crippen LogP contribution is -2.24. The number of aryl methyl sites for hydroxylation is 1. The van der Waals surface area contributed by atoms with Gasteiger partial charge in [0.1, 0.15) is 0 Å². The molecule has 0 aromatic heterocycles. The fraction of sp³-hybridized carbons (Fsp3) is 0.727. The van der Waals surface area contributed by atoms with Crippen molar-refractivity contribution in [2.24, 2.45) is 5.73 Å². The third-order valence-corrected chi connectivity index (χ3v) is 5.27. The number of rotatable bonds is 13. The van der Waals surface area contributed by atoms with E-state index in [1.165, 1.54) is 16.7 Å². The first-order valence-corrected chi connectivity index (χ1v) is 10.4. The molecule has 3 N–H and O–H groups in total. The monoisotopic (exact) mass is 363 g/mol. The Balaban J connectivity index is 1.80. The Kier molecular flexibility index (Phi) is 10.2. The van der Waals surface area contributed by atoms with E-state index in [2.05, 4.69) is 25.1 Å². The second-order valence-corrected chi connectivity index (χ2v) is 7.38. The van der Waals surface area contributed by atoms with Gasteiger partial charge in [-0.1, -0.05) is 31.5 Å². The highest BCUT2D eigenvalue weighted by atomic mass is 16.5. The minimum Gasteiger partial charge on any atom is -0.396 e. The second-order valence-electron chi connectivity index (χ2n) is 7.38. The molecular weight excluding hydrogens is 326 g/mol. The van der Waals surface area contributed by atoms with Gasteiger partial charge in [0, 0.05) is 26.4 Å². The molecule has 4 heteroatoms. The molecule has 0 radical (unpaired) electrons. The lowest BCUT2D eigenvalue weighted by Gasteiger charge is -2.26. The van der Waals surface area contributed by atoms with Gasteiger partial charge in [0.05, 0.1) is 6.10 Å². The van der Waals surface area contributed by atoms with Crippen LogP contribution in [-0.2, 0) is 22.3 Å². The van der Waals surface area contributed by atoms with Crippen LogP contribution in [0.2, 0.25) is 0 Å². The predicted octanol–water partition coefficient (Wildman–Crippen LogP) is 3.58. The maximum absolute atomic E-state index is 8.97. The van der Waals surface area contributed by atoms with E-state index in [0.29, 0.717) is 18.6 Å². The zero-order valence-corrected chi connectivity index (χ0v) is 16.4. The van der Waals surface area contributed by atoms with E-state index in [-0.39, 0.29) is 6.61 Å². The lowest BCUT2D eigenvalue weighted by molar-refractivity contribution is 0.0264. The molecule has 0 heterocycles. The van der Waals surface area contributed by atoms with Gasteiger partial charge in [-0.3, -0.25) is 0 Å². The SMILES string of the molecule is CCCOCCCOC1CCc2cc([C@H](CN)CCCCO)ccc2C1. The summed E-state index contributed by atoms with van der Waals surface area (Å²) in [6.45, 7) is 5.53. The third kappa shape index (κ3) is 6.99. The molecule has 2 rings (SSSR count). The molecule has 2 atom stereocenters. The van der Waals surface area contributed by atoms with Crippen molar-refractivity contribution in [1.82, 2.24) is 0 Å². The zero-order valence-electron chi connectivity index (χ0n) is 16.4. The van der Waals surface area contributed by atoms with E-state index < -0.39 is 0 Å². The fourth-order valence-corrected chi connectivity index (χ4v) is 3.72. The number of aliphatic hydroxyl groups is 1. The topological polar surface area (TPSA) is 64.7 Å². The van der Waals surface area contributed by atoms with Crippen LogP contribution in [-0.4, -0.2) is 44.2 Å². The van der Waals surface area contributed by atoms with Crippen molar-refractivity contribution < 1.29 is 14.6 Å². The molecule has 0 aliphatic heterocycles. The highest BCUT2D eigenvalue weighted by molar-refractivity contribution is 5.36. The molecule has 1 aromatic rings. The summed E-state index contributed by atoms with van der Waals surface area (Å²) in [5, 5.41) is 8.97. The maximum atomic E-state index is 8.97. The van der Waals surface area contributed by atoms with Gasteiger partial charge < -0.3 is 20.3 Å². The molecule has 1 unspecified atom stereocenters. The Hall–Kier alpha value is -0.940. The second kappa shape index (κ2) is 12.4. The van der Waals surface area contributed by atoms with Gasteiger partial charge in [-0.15, -0.1) is 0 Å². The number of benzene rings is 1. The first-order valence-electron chi connectivity index (χ1n) is 10.4. The largest absolute Gasteiger partial charge is 0.396 e. The van der Waals surface area contributed by atoms with E-state index in [9.17, 15) is 0 Å². The summed E-state index contributed by atoms with van der Waals surface area (Å²) < 4.78 is 11.6. The number of fused-ring (bicyclic) bond motifs is 1. The Bertz CT molecular complexity index is 506. The van der Waals surface area contributed by atoms with Crippen LogP contribution in [0.25, 0.3) is 0 Å². The number of hydrogen-bond donors (Lipinski definition) is 2. The molecule has 0 saturated heterocycles. The molecule has 0 bridgehead atoms. The van der Waals surface area contributed by atoms with Crippen molar-refractivity contribution in [2.45, 2.75) is 70.3 Å². The van der Waals surface area contributed by atoms with Gasteiger partial charge >= 0.3 is 0 Å². The van der Waals surface area contributed by atoms with Crippen LogP contribution in [0, 0.1) is 0 Å². The number of aliphatic hydroxyl groups excluding tert-OH is 1. The summed E-state index contributed by atoms with van der Waals surface area (Å²) >= 11 is 0. The minimum absolute atomic E-state index is 0.271. The molecule has 4 nitrogen and oxygen atoms in total. The molecule has 1 aromatic carbocycles. The first kappa shape index (κ1) is 21.4. The van der Waals surface area contributed by atoms with Crippen LogP contribution in [0.1, 0.15) is 68.1 Å². The maximum Gasteiger partial charge on any atom is 0.0618 e. The van der Waals surface area contributed by atoms with E-state index >= 15 is 0 Å². The standard InChI is InChI=1S/C22H37NO3/c1-2-12-25-13-5-14-26-22-10-9-18-15-19(7-8-20(18)16-22)21(17-23)6-3-4-11-24/h7-8,15,21-22,24H,2-6,9-14,16-17,23H2,1H3/t21-,22?/m0/s1. The van der Waals surface area contributed by atoms with Crippen LogP contribution in [0.3, 0.4) is 0 Å². The van der Waals surface area contributed by atoms with Gasteiger partial charge in [-0.25, -0.2) is 0 Å². The molecule has 0 fully saturated rings. The molecule has 0 saturated carbocycles. The van der Waals surface area contributed by atoms with Crippen molar-refractivity contribution in [2.75, 3.05) is 33.0 Å². The average Bonchev–Trinajstić information content (AvgIpc) is 2.67. The van der Waals surface area contributed by atoms with Gasteiger partial charge in [0.25, 0.3) is 0 Å². The molecular formula is C22H37NO3. The summed E-state index contributed by atoms with van der Waals surface area (Å²) in [7, 11) is 0. The van der Waals surface area contributed by atoms with Crippen LogP contribution in [0.5, 0.6) is 0 Å². The third-order valence-electron chi connectivity index (χ3n) is 5.27. The van der Waals surface area contributed by atoms with E-state index in [4.69, 9.17) is 20.3 Å². The fourth-order valence-electron chi connectivity index (χ4n) is 3.72. The highest BCUT2D eigenvalue weighted by Gasteiger charge is 2.20. The van der Waals surface area contributed by atoms with Crippen LogP contribution in [0.4, 0.5) is 0 Å². The highest BCUT2D eigenvalue weighted by Crippen LogP contribution is 2.28. The van der Waals surface area contributed by atoms with Crippen molar-refractivity contribution in [1.29, 1.82) is 0 Å². The van der Waals surface area contributed by atoms with Crippen LogP contribution in [0.15, 0.2) is 18.2 Å². The Labute approximate surface area is 159 Å². The molecule has 0 spiro atoms. The average molecular weight is 364 g/mol. The van der Waals surface area contributed by atoms with Gasteiger partial charge in [-0.2, -0.15) is 0 Å². The summed E-state index contributed by atoms with van der Waals surface area (Å²) in [6.07, 6.45) is 8.57. The smallest absolute Gasteiger partial charge is 0.0618 e. The normalized spacial score (nSPS) is 17.9. The predicted molar refractivity (Wildman–Crippen MR) is 107 cm³/mol. The van der Waals surface area contributed by atoms with Gasteiger partial charge in [-0.05, 0) is 74.1 Å². The zero-order chi connectivity index (χ0) is 18.6. The lowest BCUT2D eigenvalue weighted by atomic mass is 9.85. The minimum atomic E-state index is 0.271. The summed E-state index contributed by atoms with van der Waals surface area (Å²) in [5.74, 6) is 0.406. The number of ether oxygens (including phenoxy) is 2. The van der Waals surface area contributed by atoms with Crippen molar-refractivity contribution in [3.05, 3.63) is 34.9 Å². The van der Waals surface area contributed by atoms with E-state index in [1.807, 2.05) is 0 Å². The molecule has 148 valence electrons. The first-order chi connectivity index (χ1) is 12.8. The molecule has 26 heavy (non-hydrogen) atoms. The van der Waals surface area contributed by atoms with Gasteiger partial charge in [0.15, 0.2) is 0 Å². The Morgan fingerprint density at radius 2 is 2.04 bits per heavy atom. The Morgan fingerprint density at radius 1 is 1.15 bits per heavy atom. The van der Waals surface area contributed by atoms with Crippen molar-refractivity contribution in [3.63, 3.8) is 0 Å². The summed E-state index contributed by atoms with van der Waals surface area (Å²) in [4.78, 5) is 0. The number of hydrogen-bond acceptors (Lipinski definition) is 4. The number of unbranched alkanes of at least 4 members (excludes halogenated alkanes) is 1. The number of nitrogens with two attached hydrogens (primary N) is 1. The molecule has 1 aliphatic carbocycles. The summed E-state index contributed by atoms with van der Waals surface area (Å²) in [5.41, 5.74) is 10.2. The Morgan fingerprint density at radius 3 is 2.81 bits per heavy atom. The van der Waals surface area contributed by atoms with Crippen LogP contribution < -0.4 is 5.73 Å². The molecule has 1 aliphatic rings. The van der Waals surface area contributed by atoms with Crippen LogP contribution >= 0.6 is 0 Å². The molecule has 0 amide bonds. The van der Waals surface area contributed by atoms with Crippen molar-refractivity contribution in [3.8, 4) is 0 Å². The van der Waals surface area contributed by atoms with E-state index in [1.54, 1.807) is 0 Å².